The van der Waals surface area contributed by atoms with Gasteiger partial charge in [0.25, 0.3) is 0 Å². The molecule has 0 aliphatic rings. The monoisotopic (exact) mass is 276 g/mol. The molecule has 100 valence electrons. The SMILES string of the molecule is C=C(F)C(=O)O.Fc1c(F)c(F)c(F)c(F)c1F. The standard InChI is InChI=1S/C6F6.C3H3FO2/c7-1-2(8)4(10)6(12)5(11)3(1)9;1-2(4)3(5)6/h;1H2,(H,5,6). The number of rotatable bonds is 1. The van der Waals surface area contributed by atoms with Crippen molar-refractivity contribution in [2.24, 2.45) is 0 Å². The lowest BCUT2D eigenvalue weighted by atomic mass is 10.3. The van der Waals surface area contributed by atoms with Crippen LogP contribution in [0.1, 0.15) is 0 Å². The minimum absolute atomic E-state index is 1.32. The molecule has 9 heteroatoms. The van der Waals surface area contributed by atoms with Gasteiger partial charge >= 0.3 is 5.97 Å². The van der Waals surface area contributed by atoms with Gasteiger partial charge in [-0.2, -0.15) is 4.39 Å². The van der Waals surface area contributed by atoms with Gasteiger partial charge in [0, 0.05) is 0 Å². The lowest BCUT2D eigenvalue weighted by molar-refractivity contribution is -0.134. The zero-order chi connectivity index (χ0) is 14.6. The fourth-order valence-electron chi connectivity index (χ4n) is 0.578. The molecule has 0 radical (unpaired) electrons. The molecule has 0 spiro atoms. The van der Waals surface area contributed by atoms with E-state index in [2.05, 4.69) is 6.58 Å². The molecule has 0 aliphatic carbocycles. The van der Waals surface area contributed by atoms with E-state index in [1.54, 1.807) is 0 Å². The molecule has 0 atom stereocenters. The fraction of sp³-hybridized carbons (Fsp3) is 0. The van der Waals surface area contributed by atoms with Crippen molar-refractivity contribution in [2.75, 3.05) is 0 Å². The Morgan fingerprint density at radius 3 is 0.944 bits per heavy atom. The van der Waals surface area contributed by atoms with E-state index in [0.717, 1.165) is 0 Å². The number of halogens is 7. The van der Waals surface area contributed by atoms with Crippen LogP contribution in [0.25, 0.3) is 0 Å². The first-order chi connectivity index (χ1) is 8.11. The van der Waals surface area contributed by atoms with Gasteiger partial charge in [-0.1, -0.05) is 6.58 Å². The van der Waals surface area contributed by atoms with E-state index >= 15 is 0 Å². The van der Waals surface area contributed by atoms with Crippen molar-refractivity contribution in [3.63, 3.8) is 0 Å². The number of benzene rings is 1. The summed E-state index contributed by atoms with van der Waals surface area (Å²) >= 11 is 0. The molecular formula is C9H3F7O2. The van der Waals surface area contributed by atoms with Crippen molar-refractivity contribution in [3.8, 4) is 0 Å². The topological polar surface area (TPSA) is 37.3 Å². The Balaban J connectivity index is 0.000000411. The molecule has 0 fully saturated rings. The number of hydrogen-bond acceptors (Lipinski definition) is 1. The van der Waals surface area contributed by atoms with Gasteiger partial charge in [0.1, 0.15) is 0 Å². The van der Waals surface area contributed by atoms with Crippen LogP contribution in [0.5, 0.6) is 0 Å². The van der Waals surface area contributed by atoms with Gasteiger partial charge in [0.2, 0.25) is 40.7 Å². The molecule has 0 saturated heterocycles. The van der Waals surface area contributed by atoms with Crippen molar-refractivity contribution in [1.29, 1.82) is 0 Å². The van der Waals surface area contributed by atoms with E-state index in [9.17, 15) is 35.5 Å². The maximum absolute atomic E-state index is 12.0. The summed E-state index contributed by atoms with van der Waals surface area (Å²) in [6.07, 6.45) is 0. The van der Waals surface area contributed by atoms with E-state index in [1.165, 1.54) is 0 Å². The first-order valence-electron chi connectivity index (χ1n) is 3.85. The van der Waals surface area contributed by atoms with Crippen LogP contribution in [0.15, 0.2) is 12.4 Å². The van der Waals surface area contributed by atoms with Crippen molar-refractivity contribution in [1.82, 2.24) is 0 Å². The molecule has 1 rings (SSSR count). The van der Waals surface area contributed by atoms with Crippen LogP contribution in [0, 0.1) is 34.9 Å². The third-order valence-electron chi connectivity index (χ3n) is 1.39. The molecule has 0 aliphatic heterocycles. The first kappa shape index (κ1) is 15.9. The molecule has 0 heterocycles. The highest BCUT2D eigenvalue weighted by Gasteiger charge is 2.25. The van der Waals surface area contributed by atoms with Crippen molar-refractivity contribution in [2.45, 2.75) is 0 Å². The van der Waals surface area contributed by atoms with E-state index in [0.29, 0.717) is 0 Å². The minimum Gasteiger partial charge on any atom is -0.476 e. The van der Waals surface area contributed by atoms with Gasteiger partial charge < -0.3 is 5.11 Å². The molecule has 1 aromatic carbocycles. The lowest BCUT2D eigenvalue weighted by Gasteiger charge is -1.99. The second kappa shape index (κ2) is 6.03. The van der Waals surface area contributed by atoms with Gasteiger partial charge in [-0.05, 0) is 0 Å². The van der Waals surface area contributed by atoms with E-state index < -0.39 is 46.7 Å². The Kier molecular flexibility index (Phi) is 5.34. The Labute approximate surface area is 95.0 Å². The summed E-state index contributed by atoms with van der Waals surface area (Å²) in [7, 11) is 0. The van der Waals surface area contributed by atoms with Gasteiger partial charge in [0.05, 0.1) is 0 Å². The minimum atomic E-state index is -2.37. The van der Waals surface area contributed by atoms with Crippen molar-refractivity contribution < 1.29 is 40.6 Å². The second-order valence-electron chi connectivity index (χ2n) is 2.59. The zero-order valence-corrected chi connectivity index (χ0v) is 8.21. The molecule has 2 nitrogen and oxygen atoms in total. The van der Waals surface area contributed by atoms with Crippen molar-refractivity contribution >= 4 is 5.97 Å². The maximum atomic E-state index is 12.0. The molecule has 0 saturated carbocycles. The van der Waals surface area contributed by atoms with E-state index in [4.69, 9.17) is 5.11 Å². The highest BCUT2D eigenvalue weighted by Crippen LogP contribution is 2.20. The summed E-state index contributed by atoms with van der Waals surface area (Å²) in [4.78, 5) is 9.22. The van der Waals surface area contributed by atoms with E-state index in [1.807, 2.05) is 0 Å². The Morgan fingerprint density at radius 2 is 0.889 bits per heavy atom. The Morgan fingerprint density at radius 1 is 0.778 bits per heavy atom. The third kappa shape index (κ3) is 3.47. The molecular weight excluding hydrogens is 273 g/mol. The van der Waals surface area contributed by atoms with Crippen LogP contribution in [-0.4, -0.2) is 11.1 Å². The number of aliphatic carboxylic acids is 1. The molecule has 0 aromatic heterocycles. The summed E-state index contributed by atoms with van der Waals surface area (Å²) in [5, 5.41) is 7.52. The van der Waals surface area contributed by atoms with Crippen LogP contribution in [0.2, 0.25) is 0 Å². The fourth-order valence-corrected chi connectivity index (χ4v) is 0.578. The van der Waals surface area contributed by atoms with Crippen LogP contribution in [0.4, 0.5) is 30.7 Å². The molecule has 0 unspecified atom stereocenters. The maximum Gasteiger partial charge on any atom is 0.364 e. The summed E-state index contributed by atoms with van der Waals surface area (Å²) < 4.78 is 83.2. The molecule has 1 N–H and O–H groups in total. The Hall–Kier alpha value is -2.06. The second-order valence-corrected chi connectivity index (χ2v) is 2.59. The average Bonchev–Trinajstić information content (AvgIpc) is 2.32. The predicted molar refractivity (Wildman–Crippen MR) is 44.1 cm³/mol. The predicted octanol–water partition coefficient (Wildman–Crippen LogP) is 3.08. The Bertz CT molecular complexity index is 381. The third-order valence-corrected chi connectivity index (χ3v) is 1.39. The summed E-state index contributed by atoms with van der Waals surface area (Å²) in [6, 6.07) is 0. The number of carbonyl (C=O) groups is 1. The number of hydrogen-bond donors (Lipinski definition) is 1. The largest absolute Gasteiger partial charge is 0.476 e. The van der Waals surface area contributed by atoms with Crippen LogP contribution >= 0.6 is 0 Å². The molecule has 0 amide bonds. The highest BCUT2D eigenvalue weighted by molar-refractivity contribution is 5.82. The average molecular weight is 276 g/mol. The lowest BCUT2D eigenvalue weighted by Crippen LogP contribution is -2.04. The number of carboxylic acid groups (broad SMARTS) is 1. The summed E-state index contributed by atoms with van der Waals surface area (Å²) in [6.45, 7) is 2.49. The quantitative estimate of drug-likeness (QED) is 0.370. The summed E-state index contributed by atoms with van der Waals surface area (Å²) in [5.41, 5.74) is 0. The molecule has 1 aromatic rings. The van der Waals surface area contributed by atoms with Gasteiger partial charge in [-0.3, -0.25) is 0 Å². The normalized spacial score (nSPS) is 9.50. The van der Waals surface area contributed by atoms with E-state index in [-0.39, 0.29) is 0 Å². The molecule has 18 heavy (non-hydrogen) atoms. The van der Waals surface area contributed by atoms with Gasteiger partial charge in [-0.15, -0.1) is 0 Å². The highest BCUT2D eigenvalue weighted by atomic mass is 19.2. The van der Waals surface area contributed by atoms with Crippen LogP contribution in [0.3, 0.4) is 0 Å². The zero-order valence-electron chi connectivity index (χ0n) is 8.21. The number of carboxylic acids is 1. The first-order valence-corrected chi connectivity index (χ1v) is 3.85. The van der Waals surface area contributed by atoms with Crippen LogP contribution < -0.4 is 0 Å². The van der Waals surface area contributed by atoms with Crippen molar-refractivity contribution in [3.05, 3.63) is 47.3 Å². The van der Waals surface area contributed by atoms with Gasteiger partial charge in [0.15, 0.2) is 0 Å². The summed E-state index contributed by atoms with van der Waals surface area (Å²) in [5.74, 6) is -17.1. The van der Waals surface area contributed by atoms with Gasteiger partial charge in [-0.25, -0.2) is 31.1 Å². The smallest absolute Gasteiger partial charge is 0.364 e. The van der Waals surface area contributed by atoms with Crippen LogP contribution in [-0.2, 0) is 4.79 Å². The molecule has 0 bridgehead atoms.